The first kappa shape index (κ1) is 21.2. The Bertz CT molecular complexity index is 578. The van der Waals surface area contributed by atoms with Gasteiger partial charge in [0.15, 0.2) is 0 Å². The molecule has 1 aromatic heterocycles. The van der Waals surface area contributed by atoms with Crippen molar-refractivity contribution in [3.05, 3.63) is 18.0 Å². The number of nitrogens with one attached hydrogen (secondary N) is 1. The van der Waals surface area contributed by atoms with Crippen molar-refractivity contribution >= 4 is 11.8 Å². The SMILES string of the molecule is CC.CCn1nccc1C(=O)NC(C)(CCCCC1(C)CC1)C(N)=O. The molecule has 0 saturated heterocycles. The van der Waals surface area contributed by atoms with Crippen LogP contribution in [0.2, 0.25) is 0 Å². The van der Waals surface area contributed by atoms with E-state index >= 15 is 0 Å². The summed E-state index contributed by atoms with van der Waals surface area (Å²) >= 11 is 0. The minimum Gasteiger partial charge on any atom is -0.368 e. The van der Waals surface area contributed by atoms with Crippen LogP contribution in [-0.4, -0.2) is 27.1 Å². The number of amides is 2. The Hall–Kier alpha value is -1.85. The number of hydrogen-bond donors (Lipinski definition) is 2. The van der Waals surface area contributed by atoms with Crippen LogP contribution in [-0.2, 0) is 11.3 Å². The Morgan fingerprint density at radius 3 is 2.52 bits per heavy atom. The maximum atomic E-state index is 12.4. The molecule has 0 aliphatic heterocycles. The van der Waals surface area contributed by atoms with E-state index in [1.807, 2.05) is 20.8 Å². The van der Waals surface area contributed by atoms with Gasteiger partial charge in [-0.05, 0) is 51.0 Å². The predicted molar refractivity (Wildman–Crippen MR) is 100 cm³/mol. The molecule has 0 radical (unpaired) electrons. The van der Waals surface area contributed by atoms with E-state index < -0.39 is 11.4 Å². The highest BCUT2D eigenvalue weighted by Gasteiger charge is 2.37. The fourth-order valence-corrected chi connectivity index (χ4v) is 2.83. The number of rotatable bonds is 9. The highest BCUT2D eigenvalue weighted by atomic mass is 16.2. The summed E-state index contributed by atoms with van der Waals surface area (Å²) in [6.45, 7) is 10.5. The molecule has 1 atom stereocenters. The molecular formula is C19H34N4O2. The maximum absolute atomic E-state index is 12.4. The third kappa shape index (κ3) is 5.87. The smallest absolute Gasteiger partial charge is 0.270 e. The summed E-state index contributed by atoms with van der Waals surface area (Å²) in [5.74, 6) is -0.800. The monoisotopic (exact) mass is 350 g/mol. The number of hydrogen-bond acceptors (Lipinski definition) is 3. The molecule has 1 aromatic rings. The van der Waals surface area contributed by atoms with Gasteiger partial charge in [0.2, 0.25) is 5.91 Å². The first-order valence-electron chi connectivity index (χ1n) is 9.44. The van der Waals surface area contributed by atoms with Gasteiger partial charge in [0.05, 0.1) is 0 Å². The third-order valence-electron chi connectivity index (χ3n) is 4.99. The van der Waals surface area contributed by atoms with Crippen LogP contribution in [0.1, 0.15) is 83.6 Å². The molecule has 0 spiro atoms. The van der Waals surface area contributed by atoms with Gasteiger partial charge in [-0.15, -0.1) is 0 Å². The fourth-order valence-electron chi connectivity index (χ4n) is 2.83. The minimum atomic E-state index is -1.02. The van der Waals surface area contributed by atoms with Crippen LogP contribution >= 0.6 is 0 Å². The molecule has 1 heterocycles. The molecule has 0 aromatic carbocycles. The van der Waals surface area contributed by atoms with Crippen molar-refractivity contribution in [1.29, 1.82) is 0 Å². The lowest BCUT2D eigenvalue weighted by atomic mass is 9.91. The summed E-state index contributed by atoms with van der Waals surface area (Å²) in [7, 11) is 0. The Labute approximate surface area is 151 Å². The summed E-state index contributed by atoms with van der Waals surface area (Å²) in [5.41, 5.74) is 5.49. The van der Waals surface area contributed by atoms with Gasteiger partial charge in [0, 0.05) is 12.7 Å². The van der Waals surface area contributed by atoms with Crippen LogP contribution in [0, 0.1) is 5.41 Å². The normalized spacial score (nSPS) is 17.0. The van der Waals surface area contributed by atoms with Crippen molar-refractivity contribution in [3.63, 3.8) is 0 Å². The Morgan fingerprint density at radius 2 is 2.00 bits per heavy atom. The Balaban J connectivity index is 0.00000151. The van der Waals surface area contributed by atoms with E-state index in [-0.39, 0.29) is 5.91 Å². The van der Waals surface area contributed by atoms with Crippen molar-refractivity contribution in [2.24, 2.45) is 11.1 Å². The van der Waals surface area contributed by atoms with Crippen LogP contribution in [0.4, 0.5) is 0 Å². The number of nitrogens with zero attached hydrogens (tertiary/aromatic N) is 2. The second-order valence-electron chi connectivity index (χ2n) is 7.20. The van der Waals surface area contributed by atoms with Crippen LogP contribution in [0.5, 0.6) is 0 Å². The molecule has 3 N–H and O–H groups in total. The number of aromatic nitrogens is 2. The number of carbonyl (C=O) groups is 2. The summed E-state index contributed by atoms with van der Waals surface area (Å²) in [5, 5.41) is 6.89. The molecular weight excluding hydrogens is 316 g/mol. The van der Waals surface area contributed by atoms with Gasteiger partial charge in [-0.2, -0.15) is 5.10 Å². The molecule has 1 unspecified atom stereocenters. The van der Waals surface area contributed by atoms with Crippen molar-refractivity contribution in [3.8, 4) is 0 Å². The number of unbranched alkanes of at least 4 members (excludes halogenated alkanes) is 1. The van der Waals surface area contributed by atoms with Crippen molar-refractivity contribution in [1.82, 2.24) is 15.1 Å². The van der Waals surface area contributed by atoms with E-state index in [2.05, 4.69) is 17.3 Å². The second-order valence-corrected chi connectivity index (χ2v) is 7.20. The van der Waals surface area contributed by atoms with E-state index in [1.54, 1.807) is 23.9 Å². The third-order valence-corrected chi connectivity index (χ3v) is 4.99. The summed E-state index contributed by atoms with van der Waals surface area (Å²) in [6.07, 6.45) is 7.86. The number of nitrogens with two attached hydrogens (primary N) is 1. The average molecular weight is 351 g/mol. The van der Waals surface area contributed by atoms with Gasteiger partial charge in [-0.3, -0.25) is 14.3 Å². The van der Waals surface area contributed by atoms with Crippen molar-refractivity contribution in [2.75, 3.05) is 0 Å². The lowest BCUT2D eigenvalue weighted by Crippen LogP contribution is -2.55. The molecule has 6 nitrogen and oxygen atoms in total. The first-order valence-corrected chi connectivity index (χ1v) is 9.44. The summed E-state index contributed by atoms with van der Waals surface area (Å²) in [6, 6.07) is 1.65. The molecule has 2 amide bonds. The zero-order valence-corrected chi connectivity index (χ0v) is 16.4. The summed E-state index contributed by atoms with van der Waals surface area (Å²) in [4.78, 5) is 24.3. The molecule has 1 fully saturated rings. The molecule has 1 saturated carbocycles. The van der Waals surface area contributed by atoms with E-state index in [1.165, 1.54) is 19.3 Å². The standard InChI is InChI=1S/C17H28N4O2.C2H6/c1-4-21-13(7-12-19-21)14(22)20-17(3,15(18)23)9-6-5-8-16(2)10-11-16;1-2/h7,12H,4-6,8-11H2,1-3H3,(H2,18,23)(H,20,22);1-2H3. The topological polar surface area (TPSA) is 90.0 Å². The average Bonchev–Trinajstić information content (AvgIpc) is 3.13. The predicted octanol–water partition coefficient (Wildman–Crippen LogP) is 3.26. The second kappa shape index (κ2) is 9.02. The molecule has 6 heteroatoms. The van der Waals surface area contributed by atoms with Crippen LogP contribution in [0.25, 0.3) is 0 Å². The van der Waals surface area contributed by atoms with Crippen LogP contribution < -0.4 is 11.1 Å². The van der Waals surface area contributed by atoms with Gasteiger partial charge in [0.25, 0.3) is 5.91 Å². The molecule has 2 rings (SSSR count). The highest BCUT2D eigenvalue weighted by Crippen LogP contribution is 2.49. The first-order chi connectivity index (χ1) is 11.8. The number of carbonyl (C=O) groups excluding carboxylic acids is 2. The van der Waals surface area contributed by atoms with E-state index in [0.29, 0.717) is 24.1 Å². The quantitative estimate of drug-likeness (QED) is 0.670. The Kier molecular flexibility index (Phi) is 7.64. The van der Waals surface area contributed by atoms with Crippen molar-refractivity contribution in [2.45, 2.75) is 85.2 Å². The lowest BCUT2D eigenvalue weighted by Gasteiger charge is -2.27. The molecule has 142 valence electrons. The molecule has 0 bridgehead atoms. The number of aryl methyl sites for hydroxylation is 1. The van der Waals surface area contributed by atoms with E-state index in [0.717, 1.165) is 12.8 Å². The van der Waals surface area contributed by atoms with E-state index in [9.17, 15) is 9.59 Å². The summed E-state index contributed by atoms with van der Waals surface area (Å²) < 4.78 is 1.60. The van der Waals surface area contributed by atoms with Crippen LogP contribution in [0.15, 0.2) is 12.3 Å². The maximum Gasteiger partial charge on any atom is 0.270 e. The Morgan fingerprint density at radius 1 is 1.36 bits per heavy atom. The molecule has 1 aliphatic rings. The van der Waals surface area contributed by atoms with Gasteiger partial charge in [0.1, 0.15) is 11.2 Å². The zero-order chi connectivity index (χ0) is 19.1. The fraction of sp³-hybridized carbons (Fsp3) is 0.737. The minimum absolute atomic E-state index is 0.306. The van der Waals surface area contributed by atoms with Gasteiger partial charge in [-0.25, -0.2) is 0 Å². The number of primary amides is 1. The van der Waals surface area contributed by atoms with Crippen LogP contribution in [0.3, 0.4) is 0 Å². The molecule has 1 aliphatic carbocycles. The van der Waals surface area contributed by atoms with Gasteiger partial charge >= 0.3 is 0 Å². The van der Waals surface area contributed by atoms with Gasteiger partial charge < -0.3 is 11.1 Å². The van der Waals surface area contributed by atoms with Crippen molar-refractivity contribution < 1.29 is 9.59 Å². The lowest BCUT2D eigenvalue weighted by molar-refractivity contribution is -0.123. The largest absolute Gasteiger partial charge is 0.368 e. The van der Waals surface area contributed by atoms with Gasteiger partial charge in [-0.1, -0.05) is 33.6 Å². The zero-order valence-electron chi connectivity index (χ0n) is 16.4. The highest BCUT2D eigenvalue weighted by molar-refractivity contribution is 5.97. The van der Waals surface area contributed by atoms with E-state index in [4.69, 9.17) is 5.73 Å². The molecule has 25 heavy (non-hydrogen) atoms.